The summed E-state index contributed by atoms with van der Waals surface area (Å²) in [5.41, 5.74) is 4.43. The van der Waals surface area contributed by atoms with Crippen LogP contribution in [0.2, 0.25) is 10.0 Å². The van der Waals surface area contributed by atoms with Crippen LogP contribution in [0.25, 0.3) is 0 Å². The van der Waals surface area contributed by atoms with E-state index < -0.39 is 0 Å². The first-order chi connectivity index (χ1) is 12.6. The number of nitrogens with zero attached hydrogens (tertiary/aromatic N) is 1. The number of hydrogen-bond donors (Lipinski definition) is 0. The molecule has 3 aromatic rings. The topological polar surface area (TPSA) is 3.24 Å². The molecule has 0 aliphatic carbocycles. The maximum absolute atomic E-state index is 6.23. The summed E-state index contributed by atoms with van der Waals surface area (Å²) in [6.07, 6.45) is 0. The van der Waals surface area contributed by atoms with Crippen molar-refractivity contribution in [1.29, 1.82) is 0 Å². The Balaban J connectivity index is 1.85. The molecule has 0 saturated heterocycles. The highest BCUT2D eigenvalue weighted by atomic mass is 35.5. The summed E-state index contributed by atoms with van der Waals surface area (Å²) in [5, 5.41) is 1.60. The second kappa shape index (κ2) is 7.61. The van der Waals surface area contributed by atoms with Crippen molar-refractivity contribution in [3.8, 4) is 0 Å². The zero-order valence-electron chi connectivity index (χ0n) is 13.7. The number of thiocarbonyl (C=S) groups is 1. The Labute approximate surface area is 172 Å². The van der Waals surface area contributed by atoms with Gasteiger partial charge in [-0.15, -0.1) is 11.8 Å². The lowest BCUT2D eigenvalue weighted by molar-refractivity contribution is 1.15. The van der Waals surface area contributed by atoms with Gasteiger partial charge in [0.15, 0.2) is 0 Å². The third kappa shape index (κ3) is 3.49. The van der Waals surface area contributed by atoms with Gasteiger partial charge in [-0.1, -0.05) is 53.6 Å². The van der Waals surface area contributed by atoms with E-state index in [4.69, 9.17) is 35.4 Å². The number of fused-ring (bicyclic) bond motifs is 1. The Morgan fingerprint density at radius 3 is 2.62 bits per heavy atom. The van der Waals surface area contributed by atoms with Gasteiger partial charge >= 0.3 is 0 Å². The van der Waals surface area contributed by atoms with Crippen molar-refractivity contribution in [2.75, 3.05) is 10.7 Å². The van der Waals surface area contributed by atoms with Crippen molar-refractivity contribution in [3.05, 3.63) is 94.0 Å². The summed E-state index contributed by atoms with van der Waals surface area (Å²) in [6, 6.07) is 25.1. The van der Waals surface area contributed by atoms with E-state index in [1.807, 2.05) is 66.4 Å². The Hall–Kier alpha value is -1.52. The highest BCUT2D eigenvalue weighted by molar-refractivity contribution is 8.01. The molecule has 0 bridgehead atoms. The molecule has 1 nitrogen and oxygen atoms in total. The normalized spacial score (nSPS) is 16.9. The first kappa shape index (κ1) is 17.9. The Kier molecular flexibility index (Phi) is 5.23. The summed E-state index contributed by atoms with van der Waals surface area (Å²) in [5.74, 6) is 0.740. The van der Waals surface area contributed by atoms with Crippen LogP contribution in [0.3, 0.4) is 0 Å². The molecule has 5 heteroatoms. The van der Waals surface area contributed by atoms with E-state index in [9.17, 15) is 0 Å². The van der Waals surface area contributed by atoms with E-state index in [1.54, 1.807) is 0 Å². The number of thioether (sulfide) groups is 1. The van der Waals surface area contributed by atoms with Crippen LogP contribution in [0, 0.1) is 6.07 Å². The molecule has 26 heavy (non-hydrogen) atoms. The van der Waals surface area contributed by atoms with E-state index in [2.05, 4.69) is 23.1 Å². The Bertz CT molecular complexity index is 956. The highest BCUT2D eigenvalue weighted by Crippen LogP contribution is 2.45. The van der Waals surface area contributed by atoms with Crippen LogP contribution in [0.4, 0.5) is 11.4 Å². The van der Waals surface area contributed by atoms with E-state index in [0.717, 1.165) is 27.1 Å². The third-order valence-corrected chi connectivity index (χ3v) is 6.55. The van der Waals surface area contributed by atoms with E-state index in [0.29, 0.717) is 5.02 Å². The minimum atomic E-state index is 0.149. The van der Waals surface area contributed by atoms with Gasteiger partial charge in [0, 0.05) is 21.5 Å². The van der Waals surface area contributed by atoms with Gasteiger partial charge in [0.05, 0.1) is 15.9 Å². The molecule has 1 aliphatic heterocycles. The molecule has 129 valence electrons. The van der Waals surface area contributed by atoms with Gasteiger partial charge in [0.1, 0.15) is 0 Å². The molecule has 4 rings (SSSR count). The van der Waals surface area contributed by atoms with Crippen molar-refractivity contribution >= 4 is 63.5 Å². The molecule has 0 saturated carbocycles. The first-order valence-corrected chi connectivity index (χ1v) is 10.3. The van der Waals surface area contributed by atoms with Crippen LogP contribution in [0.15, 0.2) is 66.7 Å². The molecule has 1 aliphatic rings. The van der Waals surface area contributed by atoms with E-state index in [-0.39, 0.29) is 5.25 Å². The number of benzene rings is 3. The van der Waals surface area contributed by atoms with E-state index >= 15 is 0 Å². The van der Waals surface area contributed by atoms with Gasteiger partial charge < -0.3 is 4.90 Å². The fourth-order valence-corrected chi connectivity index (χ4v) is 4.99. The summed E-state index contributed by atoms with van der Waals surface area (Å²) < 4.78 is 0. The molecule has 1 atom stereocenters. The minimum Gasteiger partial charge on any atom is -0.304 e. The van der Waals surface area contributed by atoms with Crippen LogP contribution in [0.1, 0.15) is 16.4 Å². The van der Waals surface area contributed by atoms with Crippen molar-refractivity contribution in [2.45, 2.75) is 5.25 Å². The standard InChI is InChI=1S/C21H14Cl2NS2/c22-15-8-10-17(11-9-15)24-19-7-2-1-6-18(19)21(26-13-20(24)25)14-4-3-5-16(23)12-14/h2-12,21H,13H2. The summed E-state index contributed by atoms with van der Waals surface area (Å²) in [7, 11) is 0. The molecular formula is C21H14Cl2NS2. The molecule has 0 N–H and O–H groups in total. The lowest BCUT2D eigenvalue weighted by atomic mass is 10.0. The van der Waals surface area contributed by atoms with Crippen LogP contribution < -0.4 is 4.90 Å². The number of halogens is 2. The van der Waals surface area contributed by atoms with Crippen LogP contribution in [-0.4, -0.2) is 10.7 Å². The summed E-state index contributed by atoms with van der Waals surface area (Å²) in [6.45, 7) is 0. The predicted molar refractivity (Wildman–Crippen MR) is 117 cm³/mol. The monoisotopic (exact) mass is 414 g/mol. The number of anilines is 2. The van der Waals surface area contributed by atoms with Gasteiger partial charge in [-0.05, 0) is 65.7 Å². The van der Waals surface area contributed by atoms with Gasteiger partial charge in [-0.3, -0.25) is 0 Å². The summed E-state index contributed by atoms with van der Waals surface area (Å²) >= 11 is 19.9. The van der Waals surface area contributed by atoms with Crippen LogP contribution >= 0.6 is 47.2 Å². The Morgan fingerprint density at radius 1 is 1.04 bits per heavy atom. The fraction of sp³-hybridized carbons (Fsp3) is 0.0952. The molecule has 0 spiro atoms. The van der Waals surface area contributed by atoms with Gasteiger partial charge in [-0.2, -0.15) is 0 Å². The zero-order chi connectivity index (χ0) is 18.1. The molecule has 0 amide bonds. The van der Waals surface area contributed by atoms with Crippen molar-refractivity contribution in [1.82, 2.24) is 0 Å². The average molecular weight is 415 g/mol. The fourth-order valence-electron chi connectivity index (χ4n) is 3.11. The minimum absolute atomic E-state index is 0.149. The second-order valence-electron chi connectivity index (χ2n) is 5.94. The molecule has 0 aromatic heterocycles. The first-order valence-electron chi connectivity index (χ1n) is 8.09. The molecule has 3 aromatic carbocycles. The van der Waals surface area contributed by atoms with E-state index in [1.165, 1.54) is 11.1 Å². The quantitative estimate of drug-likeness (QED) is 0.411. The predicted octanol–water partition coefficient (Wildman–Crippen LogP) is 7.10. The van der Waals surface area contributed by atoms with Gasteiger partial charge in [0.25, 0.3) is 0 Å². The SMILES string of the molecule is S=C1CSC(c2cccc(Cl)c2)c2c[c]ccc2N1c1ccc(Cl)cc1. The zero-order valence-corrected chi connectivity index (χ0v) is 16.8. The molecule has 1 heterocycles. The second-order valence-corrected chi connectivity index (χ2v) is 8.37. The molecular weight excluding hydrogens is 401 g/mol. The lowest BCUT2D eigenvalue weighted by Gasteiger charge is -2.26. The number of hydrogen-bond acceptors (Lipinski definition) is 2. The molecule has 1 radical (unpaired) electrons. The van der Waals surface area contributed by atoms with Crippen molar-refractivity contribution in [2.24, 2.45) is 0 Å². The van der Waals surface area contributed by atoms with Crippen LogP contribution in [0.5, 0.6) is 0 Å². The summed E-state index contributed by atoms with van der Waals surface area (Å²) in [4.78, 5) is 3.00. The Morgan fingerprint density at radius 2 is 1.85 bits per heavy atom. The van der Waals surface area contributed by atoms with Gasteiger partial charge in [-0.25, -0.2) is 0 Å². The molecule has 0 fully saturated rings. The molecule has 1 unspecified atom stereocenters. The number of rotatable bonds is 2. The van der Waals surface area contributed by atoms with Gasteiger partial charge in [0.2, 0.25) is 0 Å². The smallest absolute Gasteiger partial charge is 0.0970 e. The lowest BCUT2D eigenvalue weighted by Crippen LogP contribution is -2.25. The van der Waals surface area contributed by atoms with Crippen molar-refractivity contribution in [3.63, 3.8) is 0 Å². The average Bonchev–Trinajstić information content (AvgIpc) is 2.79. The van der Waals surface area contributed by atoms with Crippen molar-refractivity contribution < 1.29 is 0 Å². The largest absolute Gasteiger partial charge is 0.304 e. The van der Waals surface area contributed by atoms with Crippen LogP contribution in [-0.2, 0) is 0 Å². The third-order valence-electron chi connectivity index (χ3n) is 4.25. The maximum atomic E-state index is 6.23. The maximum Gasteiger partial charge on any atom is 0.0970 e. The highest BCUT2D eigenvalue weighted by Gasteiger charge is 2.28.